The third-order valence-electron chi connectivity index (χ3n) is 3.91. The van der Waals surface area contributed by atoms with E-state index in [4.69, 9.17) is 5.73 Å². The third kappa shape index (κ3) is 3.27. The minimum Gasteiger partial charge on any atom is -0.330 e. The van der Waals surface area contributed by atoms with E-state index in [1.165, 1.54) is 30.0 Å². The first-order chi connectivity index (χ1) is 8.20. The molecule has 2 atom stereocenters. The Morgan fingerprint density at radius 3 is 3.00 bits per heavy atom. The molecule has 2 heterocycles. The largest absolute Gasteiger partial charge is 0.330 e. The molecule has 0 radical (unpaired) electrons. The standard InChI is InChI=1S/C13H23N3S/c1-10-3-4-12(7-14)8-16(10)6-5-13-11(2)15-9-17-13/h9-10,12H,3-8,14H2,1-2H3. The highest BCUT2D eigenvalue weighted by Crippen LogP contribution is 2.22. The average molecular weight is 253 g/mol. The van der Waals surface area contributed by atoms with Gasteiger partial charge in [0.1, 0.15) is 0 Å². The molecular formula is C13H23N3S. The fourth-order valence-corrected chi connectivity index (χ4v) is 3.35. The van der Waals surface area contributed by atoms with Crippen molar-refractivity contribution in [2.24, 2.45) is 11.7 Å². The number of thiazole rings is 1. The Hall–Kier alpha value is -0.450. The van der Waals surface area contributed by atoms with E-state index in [2.05, 4.69) is 23.7 Å². The van der Waals surface area contributed by atoms with Gasteiger partial charge in [0.05, 0.1) is 11.2 Å². The van der Waals surface area contributed by atoms with E-state index in [1.54, 1.807) is 11.3 Å². The van der Waals surface area contributed by atoms with Crippen molar-refractivity contribution in [3.63, 3.8) is 0 Å². The van der Waals surface area contributed by atoms with Gasteiger partial charge in [0, 0.05) is 24.0 Å². The number of nitrogens with zero attached hydrogens (tertiary/aromatic N) is 2. The number of aromatic nitrogens is 1. The summed E-state index contributed by atoms with van der Waals surface area (Å²) in [6, 6.07) is 0.714. The zero-order valence-corrected chi connectivity index (χ0v) is 11.7. The number of aryl methyl sites for hydroxylation is 1. The van der Waals surface area contributed by atoms with Crippen molar-refractivity contribution < 1.29 is 0 Å². The Bertz CT molecular complexity index is 350. The van der Waals surface area contributed by atoms with Gasteiger partial charge in [-0.25, -0.2) is 4.98 Å². The van der Waals surface area contributed by atoms with Gasteiger partial charge < -0.3 is 5.73 Å². The van der Waals surface area contributed by atoms with Crippen LogP contribution in [0.25, 0.3) is 0 Å². The smallest absolute Gasteiger partial charge is 0.0797 e. The van der Waals surface area contributed by atoms with Gasteiger partial charge >= 0.3 is 0 Å². The highest BCUT2D eigenvalue weighted by Gasteiger charge is 2.24. The van der Waals surface area contributed by atoms with E-state index in [1.807, 2.05) is 5.51 Å². The molecule has 1 fully saturated rings. The first kappa shape index (κ1) is 13.0. The molecule has 1 saturated heterocycles. The average Bonchev–Trinajstić information content (AvgIpc) is 2.74. The summed E-state index contributed by atoms with van der Waals surface area (Å²) in [6.07, 6.45) is 3.73. The van der Waals surface area contributed by atoms with Gasteiger partial charge in [-0.05, 0) is 45.6 Å². The van der Waals surface area contributed by atoms with Crippen LogP contribution in [0, 0.1) is 12.8 Å². The van der Waals surface area contributed by atoms with Crippen LogP contribution in [0.15, 0.2) is 5.51 Å². The molecule has 0 aromatic carbocycles. The monoisotopic (exact) mass is 253 g/mol. The second-order valence-electron chi connectivity index (χ2n) is 5.13. The number of piperidine rings is 1. The molecule has 4 heteroatoms. The van der Waals surface area contributed by atoms with E-state index in [0.717, 1.165) is 19.5 Å². The number of nitrogens with two attached hydrogens (primary N) is 1. The van der Waals surface area contributed by atoms with Crippen LogP contribution in [-0.4, -0.2) is 35.6 Å². The molecule has 3 nitrogen and oxygen atoms in total. The Morgan fingerprint density at radius 1 is 1.53 bits per heavy atom. The lowest BCUT2D eigenvalue weighted by molar-refractivity contribution is 0.122. The van der Waals surface area contributed by atoms with Gasteiger partial charge in [-0.2, -0.15) is 0 Å². The Kier molecular flexibility index (Phi) is 4.54. The minimum atomic E-state index is 0.703. The van der Waals surface area contributed by atoms with E-state index >= 15 is 0 Å². The van der Waals surface area contributed by atoms with Crippen molar-refractivity contribution in [1.82, 2.24) is 9.88 Å². The van der Waals surface area contributed by atoms with Crippen LogP contribution in [0.2, 0.25) is 0 Å². The molecule has 2 rings (SSSR count). The van der Waals surface area contributed by atoms with E-state index in [9.17, 15) is 0 Å². The summed E-state index contributed by atoms with van der Waals surface area (Å²) in [5.74, 6) is 0.703. The number of likely N-dealkylation sites (tertiary alicyclic amines) is 1. The summed E-state index contributed by atoms with van der Waals surface area (Å²) in [5.41, 5.74) is 8.95. The SMILES string of the molecule is Cc1ncsc1CCN1CC(CN)CCC1C. The predicted octanol–water partition coefficient (Wildman–Crippen LogP) is 2.05. The van der Waals surface area contributed by atoms with Gasteiger partial charge in [-0.1, -0.05) is 0 Å². The van der Waals surface area contributed by atoms with Crippen molar-refractivity contribution >= 4 is 11.3 Å². The predicted molar refractivity (Wildman–Crippen MR) is 73.4 cm³/mol. The van der Waals surface area contributed by atoms with Gasteiger partial charge in [0.25, 0.3) is 0 Å². The highest BCUT2D eigenvalue weighted by molar-refractivity contribution is 7.09. The van der Waals surface area contributed by atoms with Gasteiger partial charge in [-0.15, -0.1) is 11.3 Å². The fraction of sp³-hybridized carbons (Fsp3) is 0.769. The minimum absolute atomic E-state index is 0.703. The lowest BCUT2D eigenvalue weighted by Crippen LogP contribution is -2.44. The molecule has 1 aromatic rings. The zero-order chi connectivity index (χ0) is 12.3. The molecule has 0 bridgehead atoms. The summed E-state index contributed by atoms with van der Waals surface area (Å²) in [6.45, 7) is 7.61. The first-order valence-electron chi connectivity index (χ1n) is 6.53. The zero-order valence-electron chi connectivity index (χ0n) is 10.9. The second kappa shape index (κ2) is 5.94. The van der Waals surface area contributed by atoms with Crippen LogP contribution >= 0.6 is 11.3 Å². The molecule has 96 valence electrons. The summed E-state index contributed by atoms with van der Waals surface area (Å²) in [5, 5.41) is 0. The maximum Gasteiger partial charge on any atom is 0.0797 e. The van der Waals surface area contributed by atoms with E-state index in [0.29, 0.717) is 12.0 Å². The first-order valence-corrected chi connectivity index (χ1v) is 7.41. The van der Waals surface area contributed by atoms with Gasteiger partial charge in [0.15, 0.2) is 0 Å². The maximum absolute atomic E-state index is 5.79. The topological polar surface area (TPSA) is 42.2 Å². The normalized spacial score (nSPS) is 26.3. The highest BCUT2D eigenvalue weighted by atomic mass is 32.1. The molecule has 17 heavy (non-hydrogen) atoms. The van der Waals surface area contributed by atoms with Crippen LogP contribution < -0.4 is 5.73 Å². The molecule has 0 aliphatic carbocycles. The van der Waals surface area contributed by atoms with Gasteiger partial charge in [0.2, 0.25) is 0 Å². The van der Waals surface area contributed by atoms with Crippen molar-refractivity contribution in [1.29, 1.82) is 0 Å². The Morgan fingerprint density at radius 2 is 2.35 bits per heavy atom. The molecular weight excluding hydrogens is 230 g/mol. The number of hydrogen-bond acceptors (Lipinski definition) is 4. The molecule has 1 aliphatic heterocycles. The fourth-order valence-electron chi connectivity index (χ4n) is 2.58. The maximum atomic E-state index is 5.79. The summed E-state index contributed by atoms with van der Waals surface area (Å²) < 4.78 is 0. The third-order valence-corrected chi connectivity index (χ3v) is 4.91. The second-order valence-corrected chi connectivity index (χ2v) is 6.07. The van der Waals surface area contributed by atoms with Gasteiger partial charge in [-0.3, -0.25) is 4.90 Å². The summed E-state index contributed by atoms with van der Waals surface area (Å²) in [4.78, 5) is 8.35. The number of hydrogen-bond donors (Lipinski definition) is 1. The van der Waals surface area contributed by atoms with Crippen molar-refractivity contribution in [3.8, 4) is 0 Å². The van der Waals surface area contributed by atoms with Crippen molar-refractivity contribution in [2.45, 2.75) is 39.2 Å². The van der Waals surface area contributed by atoms with Crippen molar-refractivity contribution in [2.75, 3.05) is 19.6 Å². The quantitative estimate of drug-likeness (QED) is 0.893. The number of rotatable bonds is 4. The van der Waals surface area contributed by atoms with Crippen LogP contribution in [0.5, 0.6) is 0 Å². The lowest BCUT2D eigenvalue weighted by Gasteiger charge is -2.37. The Labute approximate surface area is 108 Å². The molecule has 1 aromatic heterocycles. The van der Waals surface area contributed by atoms with Crippen molar-refractivity contribution in [3.05, 3.63) is 16.1 Å². The molecule has 2 unspecified atom stereocenters. The lowest BCUT2D eigenvalue weighted by atomic mass is 9.93. The molecule has 0 spiro atoms. The molecule has 0 amide bonds. The van der Waals surface area contributed by atoms with Crippen LogP contribution in [0.3, 0.4) is 0 Å². The van der Waals surface area contributed by atoms with Crippen LogP contribution in [0.1, 0.15) is 30.3 Å². The van der Waals surface area contributed by atoms with Crippen LogP contribution in [0.4, 0.5) is 0 Å². The molecule has 2 N–H and O–H groups in total. The van der Waals surface area contributed by atoms with E-state index < -0.39 is 0 Å². The van der Waals surface area contributed by atoms with E-state index in [-0.39, 0.29) is 0 Å². The molecule has 1 aliphatic rings. The summed E-state index contributed by atoms with van der Waals surface area (Å²) >= 11 is 1.78. The Balaban J connectivity index is 1.87. The molecule has 0 saturated carbocycles. The summed E-state index contributed by atoms with van der Waals surface area (Å²) in [7, 11) is 0. The van der Waals surface area contributed by atoms with Crippen LogP contribution in [-0.2, 0) is 6.42 Å².